The molecule has 23 heavy (non-hydrogen) atoms. The van der Waals surface area contributed by atoms with Crippen LogP contribution in [-0.2, 0) is 11.3 Å². The van der Waals surface area contributed by atoms with E-state index in [4.69, 9.17) is 10.5 Å². The molecule has 2 aromatic carbocycles. The van der Waals surface area contributed by atoms with Gasteiger partial charge in [0.15, 0.2) is 0 Å². The quantitative estimate of drug-likeness (QED) is 0.736. The van der Waals surface area contributed by atoms with E-state index in [1.165, 1.54) is 0 Å². The Kier molecular flexibility index (Phi) is 6.78. The molecule has 0 heterocycles. The van der Waals surface area contributed by atoms with E-state index < -0.39 is 0 Å². The van der Waals surface area contributed by atoms with Crippen molar-refractivity contribution in [2.75, 3.05) is 13.2 Å². The lowest BCUT2D eigenvalue weighted by Gasteiger charge is -2.13. The Balaban J connectivity index is 1.65. The largest absolute Gasteiger partial charge is 0.374 e. The second-order valence-corrected chi connectivity index (χ2v) is 5.43. The Morgan fingerprint density at radius 3 is 2.48 bits per heavy atom. The van der Waals surface area contributed by atoms with Crippen LogP contribution in [0, 0.1) is 0 Å². The zero-order valence-corrected chi connectivity index (χ0v) is 13.5. The van der Waals surface area contributed by atoms with Gasteiger partial charge in [0.25, 0.3) is 5.91 Å². The van der Waals surface area contributed by atoms with Crippen molar-refractivity contribution in [1.82, 2.24) is 5.32 Å². The van der Waals surface area contributed by atoms with E-state index in [-0.39, 0.29) is 12.0 Å². The molecule has 0 spiro atoms. The maximum absolute atomic E-state index is 12.0. The maximum Gasteiger partial charge on any atom is 0.251 e. The lowest BCUT2D eigenvalue weighted by molar-refractivity contribution is 0.0635. The number of carbonyl (C=O) groups is 1. The molecule has 1 unspecified atom stereocenters. The molecule has 1 atom stereocenters. The number of carbonyl (C=O) groups excluding carboxylic acids is 1. The van der Waals surface area contributed by atoms with Gasteiger partial charge >= 0.3 is 0 Å². The van der Waals surface area contributed by atoms with E-state index in [1.54, 1.807) is 12.1 Å². The molecule has 0 aliphatic rings. The molecule has 0 aliphatic heterocycles. The van der Waals surface area contributed by atoms with Crippen molar-refractivity contribution in [3.8, 4) is 0 Å². The smallest absolute Gasteiger partial charge is 0.251 e. The fraction of sp³-hybridized carbons (Fsp3) is 0.316. The number of rotatable bonds is 8. The van der Waals surface area contributed by atoms with Gasteiger partial charge in [-0.15, -0.1) is 0 Å². The minimum Gasteiger partial charge on any atom is -0.374 e. The summed E-state index contributed by atoms with van der Waals surface area (Å²) in [6.07, 6.45) is 0.847. The fourth-order valence-electron chi connectivity index (χ4n) is 2.25. The second-order valence-electron chi connectivity index (χ2n) is 5.43. The molecule has 0 fully saturated rings. The van der Waals surface area contributed by atoms with Crippen LogP contribution >= 0.6 is 0 Å². The van der Waals surface area contributed by atoms with Crippen molar-refractivity contribution < 1.29 is 9.53 Å². The van der Waals surface area contributed by atoms with Gasteiger partial charge in [-0.1, -0.05) is 42.5 Å². The molecule has 0 saturated carbocycles. The molecule has 0 aromatic heterocycles. The van der Waals surface area contributed by atoms with Crippen LogP contribution in [0.4, 0.5) is 0 Å². The Labute approximate surface area is 137 Å². The van der Waals surface area contributed by atoms with Gasteiger partial charge in [0.2, 0.25) is 0 Å². The van der Waals surface area contributed by atoms with E-state index in [1.807, 2.05) is 37.3 Å². The minimum atomic E-state index is -0.0651. The van der Waals surface area contributed by atoms with E-state index >= 15 is 0 Å². The number of benzene rings is 2. The molecular formula is C19H24N2O2. The predicted molar refractivity (Wildman–Crippen MR) is 92.1 cm³/mol. The molecule has 0 saturated heterocycles. The maximum atomic E-state index is 12.0. The lowest BCUT2D eigenvalue weighted by atomic mass is 10.1. The number of nitrogens with one attached hydrogen (secondary N) is 1. The standard InChI is InChI=1S/C19H24N2O2/c1-15(17-6-3-2-4-7-17)23-13-5-12-21-19(22)18-10-8-16(14-20)9-11-18/h2-4,6-11,15H,5,12-14,20H2,1H3,(H,21,22). The number of nitrogens with two attached hydrogens (primary N) is 1. The molecule has 0 aliphatic carbocycles. The van der Waals surface area contributed by atoms with Gasteiger partial charge in [-0.25, -0.2) is 0 Å². The molecule has 2 rings (SSSR count). The molecule has 0 radical (unpaired) electrons. The van der Waals surface area contributed by atoms with E-state index in [2.05, 4.69) is 17.4 Å². The number of amides is 1. The SMILES string of the molecule is CC(OCCCNC(=O)c1ccc(CN)cc1)c1ccccc1. The van der Waals surface area contributed by atoms with Crippen LogP contribution in [-0.4, -0.2) is 19.1 Å². The van der Waals surface area contributed by atoms with E-state index in [9.17, 15) is 4.79 Å². The van der Waals surface area contributed by atoms with Crippen LogP contribution in [0.15, 0.2) is 54.6 Å². The highest BCUT2D eigenvalue weighted by atomic mass is 16.5. The summed E-state index contributed by atoms with van der Waals surface area (Å²) >= 11 is 0. The zero-order valence-electron chi connectivity index (χ0n) is 13.5. The number of ether oxygens (including phenoxy) is 1. The monoisotopic (exact) mass is 312 g/mol. The highest BCUT2D eigenvalue weighted by Gasteiger charge is 2.06. The van der Waals surface area contributed by atoms with Crippen LogP contribution in [0.2, 0.25) is 0 Å². The van der Waals surface area contributed by atoms with E-state index in [0.29, 0.717) is 25.3 Å². The summed E-state index contributed by atoms with van der Waals surface area (Å²) in [4.78, 5) is 12.0. The van der Waals surface area contributed by atoms with Crippen LogP contribution in [0.25, 0.3) is 0 Å². The van der Waals surface area contributed by atoms with Gasteiger partial charge in [0, 0.05) is 25.3 Å². The van der Waals surface area contributed by atoms with Gasteiger partial charge in [-0.2, -0.15) is 0 Å². The van der Waals surface area contributed by atoms with Crippen molar-refractivity contribution in [3.63, 3.8) is 0 Å². The van der Waals surface area contributed by atoms with Crippen molar-refractivity contribution in [2.45, 2.75) is 26.0 Å². The Morgan fingerprint density at radius 1 is 1.13 bits per heavy atom. The summed E-state index contributed by atoms with van der Waals surface area (Å²) in [5.74, 6) is -0.0651. The number of hydrogen-bond donors (Lipinski definition) is 2. The Morgan fingerprint density at radius 2 is 1.83 bits per heavy atom. The summed E-state index contributed by atoms with van der Waals surface area (Å²) in [6, 6.07) is 17.5. The minimum absolute atomic E-state index is 0.0651. The summed E-state index contributed by atoms with van der Waals surface area (Å²) in [6.45, 7) is 3.73. The average molecular weight is 312 g/mol. The molecular weight excluding hydrogens is 288 g/mol. The summed E-state index contributed by atoms with van der Waals surface area (Å²) in [5.41, 5.74) is 8.38. The zero-order chi connectivity index (χ0) is 16.5. The third-order valence-corrected chi connectivity index (χ3v) is 3.70. The third-order valence-electron chi connectivity index (χ3n) is 3.70. The summed E-state index contributed by atoms with van der Waals surface area (Å²) in [7, 11) is 0. The second kappa shape index (κ2) is 9.08. The Hall–Kier alpha value is -2.17. The van der Waals surface area contributed by atoms with Gasteiger partial charge in [-0.05, 0) is 36.6 Å². The topological polar surface area (TPSA) is 64.3 Å². The Bertz CT molecular complexity index is 597. The molecule has 3 N–H and O–H groups in total. The highest BCUT2D eigenvalue weighted by molar-refractivity contribution is 5.94. The average Bonchev–Trinajstić information content (AvgIpc) is 2.62. The molecule has 1 amide bonds. The molecule has 4 heteroatoms. The molecule has 2 aromatic rings. The first-order valence-corrected chi connectivity index (χ1v) is 7.94. The van der Waals surface area contributed by atoms with Gasteiger partial charge in [0.1, 0.15) is 0 Å². The summed E-state index contributed by atoms with van der Waals surface area (Å²) < 4.78 is 5.78. The molecule has 0 bridgehead atoms. The van der Waals surface area contributed by atoms with Crippen LogP contribution in [0.5, 0.6) is 0 Å². The van der Waals surface area contributed by atoms with Gasteiger partial charge in [0.05, 0.1) is 6.10 Å². The van der Waals surface area contributed by atoms with Crippen molar-refractivity contribution in [2.24, 2.45) is 5.73 Å². The van der Waals surface area contributed by atoms with Gasteiger partial charge < -0.3 is 15.8 Å². The predicted octanol–water partition coefficient (Wildman–Crippen LogP) is 3.04. The first-order chi connectivity index (χ1) is 11.2. The first-order valence-electron chi connectivity index (χ1n) is 7.94. The third kappa shape index (κ3) is 5.51. The van der Waals surface area contributed by atoms with Crippen molar-refractivity contribution in [3.05, 3.63) is 71.3 Å². The van der Waals surface area contributed by atoms with Crippen molar-refractivity contribution >= 4 is 5.91 Å². The lowest BCUT2D eigenvalue weighted by Crippen LogP contribution is -2.25. The normalized spacial score (nSPS) is 11.9. The van der Waals surface area contributed by atoms with E-state index in [0.717, 1.165) is 17.5 Å². The van der Waals surface area contributed by atoms with Crippen LogP contribution in [0.1, 0.15) is 40.9 Å². The van der Waals surface area contributed by atoms with Crippen molar-refractivity contribution in [1.29, 1.82) is 0 Å². The van der Waals surface area contributed by atoms with Gasteiger partial charge in [-0.3, -0.25) is 4.79 Å². The molecule has 4 nitrogen and oxygen atoms in total. The molecule has 122 valence electrons. The van der Waals surface area contributed by atoms with Crippen LogP contribution in [0.3, 0.4) is 0 Å². The first kappa shape index (κ1) is 17.2. The fourth-order valence-corrected chi connectivity index (χ4v) is 2.25. The number of hydrogen-bond acceptors (Lipinski definition) is 3. The summed E-state index contributed by atoms with van der Waals surface area (Å²) in [5, 5.41) is 2.90. The van der Waals surface area contributed by atoms with Crippen LogP contribution < -0.4 is 11.1 Å². The highest BCUT2D eigenvalue weighted by Crippen LogP contribution is 2.15.